The summed E-state index contributed by atoms with van der Waals surface area (Å²) in [6.07, 6.45) is 1.65. The van der Waals surface area contributed by atoms with Gasteiger partial charge in [0, 0.05) is 18.8 Å². The van der Waals surface area contributed by atoms with Crippen LogP contribution in [0.5, 0.6) is 5.75 Å². The minimum atomic E-state index is -0.294. The number of nitrogens with zero attached hydrogens (tertiary/aromatic N) is 2. The SMILES string of the molecule is COc1cccc(-c2ccn(C)c(=O)c2C#N)c1. The standard InChI is InChI=1S/C14H12N2O2/c1-16-7-6-12(13(9-15)14(16)17)10-4-3-5-11(8-10)18-2/h3-8H,1-2H3. The molecule has 0 fully saturated rings. The third kappa shape index (κ3) is 1.98. The van der Waals surface area contributed by atoms with Gasteiger partial charge in [0.1, 0.15) is 17.4 Å². The number of hydrogen-bond acceptors (Lipinski definition) is 3. The number of methoxy groups -OCH3 is 1. The van der Waals surface area contributed by atoms with Gasteiger partial charge in [-0.15, -0.1) is 0 Å². The molecule has 4 nitrogen and oxygen atoms in total. The first-order valence-electron chi connectivity index (χ1n) is 5.41. The topological polar surface area (TPSA) is 55.0 Å². The van der Waals surface area contributed by atoms with E-state index in [1.165, 1.54) is 4.57 Å². The summed E-state index contributed by atoms with van der Waals surface area (Å²) >= 11 is 0. The largest absolute Gasteiger partial charge is 0.497 e. The molecule has 0 bridgehead atoms. The molecule has 1 heterocycles. The van der Waals surface area contributed by atoms with Gasteiger partial charge < -0.3 is 9.30 Å². The third-order valence-electron chi connectivity index (χ3n) is 2.76. The molecule has 0 amide bonds. The van der Waals surface area contributed by atoms with Crippen LogP contribution in [0.15, 0.2) is 41.3 Å². The quantitative estimate of drug-likeness (QED) is 0.806. The molecule has 0 aliphatic heterocycles. The predicted octanol–water partition coefficient (Wildman–Crippen LogP) is 1.93. The highest BCUT2D eigenvalue weighted by Crippen LogP contribution is 2.24. The van der Waals surface area contributed by atoms with Gasteiger partial charge in [0.25, 0.3) is 5.56 Å². The van der Waals surface area contributed by atoms with Crippen molar-refractivity contribution in [1.29, 1.82) is 5.26 Å². The Morgan fingerprint density at radius 2 is 2.11 bits per heavy atom. The number of rotatable bonds is 2. The Morgan fingerprint density at radius 3 is 2.78 bits per heavy atom. The van der Waals surface area contributed by atoms with Crippen LogP contribution in [-0.2, 0) is 7.05 Å². The summed E-state index contributed by atoms with van der Waals surface area (Å²) in [4.78, 5) is 11.9. The van der Waals surface area contributed by atoms with Gasteiger partial charge in [0.2, 0.25) is 0 Å². The van der Waals surface area contributed by atoms with Crippen molar-refractivity contribution in [2.75, 3.05) is 7.11 Å². The monoisotopic (exact) mass is 240 g/mol. The van der Waals surface area contributed by atoms with E-state index in [9.17, 15) is 4.79 Å². The highest BCUT2D eigenvalue weighted by atomic mass is 16.5. The minimum Gasteiger partial charge on any atom is -0.497 e. The first kappa shape index (κ1) is 11.9. The molecule has 0 N–H and O–H groups in total. The molecule has 1 aromatic heterocycles. The second-order valence-electron chi connectivity index (χ2n) is 3.86. The van der Waals surface area contributed by atoms with Crippen molar-refractivity contribution in [3.63, 3.8) is 0 Å². The van der Waals surface area contributed by atoms with Crippen LogP contribution in [0.2, 0.25) is 0 Å². The number of hydrogen-bond donors (Lipinski definition) is 0. The lowest BCUT2D eigenvalue weighted by molar-refractivity contribution is 0.415. The normalized spacial score (nSPS) is 9.83. The first-order valence-corrected chi connectivity index (χ1v) is 5.41. The molecule has 0 aliphatic rings. The van der Waals surface area contributed by atoms with Crippen LogP contribution in [-0.4, -0.2) is 11.7 Å². The van der Waals surface area contributed by atoms with Gasteiger partial charge in [0.05, 0.1) is 7.11 Å². The average molecular weight is 240 g/mol. The Kier molecular flexibility index (Phi) is 3.16. The summed E-state index contributed by atoms with van der Waals surface area (Å²) in [6.45, 7) is 0. The van der Waals surface area contributed by atoms with Crippen molar-refractivity contribution in [1.82, 2.24) is 4.57 Å². The van der Waals surface area contributed by atoms with E-state index >= 15 is 0 Å². The number of pyridine rings is 1. The summed E-state index contributed by atoms with van der Waals surface area (Å²) in [6, 6.07) is 11.0. The summed E-state index contributed by atoms with van der Waals surface area (Å²) in [5.74, 6) is 0.692. The van der Waals surface area contributed by atoms with Gasteiger partial charge in [-0.05, 0) is 23.8 Å². The number of benzene rings is 1. The van der Waals surface area contributed by atoms with E-state index in [2.05, 4.69) is 0 Å². The van der Waals surface area contributed by atoms with Crippen LogP contribution in [0, 0.1) is 11.3 Å². The predicted molar refractivity (Wildman–Crippen MR) is 68.4 cm³/mol. The van der Waals surface area contributed by atoms with Crippen LogP contribution in [0.1, 0.15) is 5.56 Å². The van der Waals surface area contributed by atoms with Crippen molar-refractivity contribution in [2.24, 2.45) is 7.05 Å². The second-order valence-corrected chi connectivity index (χ2v) is 3.86. The maximum absolute atomic E-state index is 11.9. The fourth-order valence-corrected chi connectivity index (χ4v) is 1.77. The summed E-state index contributed by atoms with van der Waals surface area (Å²) in [5, 5.41) is 9.12. The Labute approximate surface area is 105 Å². The molecule has 0 unspecified atom stereocenters. The molecule has 0 saturated heterocycles. The fraction of sp³-hybridized carbons (Fsp3) is 0.143. The van der Waals surface area contributed by atoms with Gasteiger partial charge >= 0.3 is 0 Å². The zero-order valence-corrected chi connectivity index (χ0v) is 10.2. The Balaban J connectivity index is 2.68. The molecular formula is C14H12N2O2. The van der Waals surface area contributed by atoms with Crippen molar-refractivity contribution in [3.8, 4) is 22.9 Å². The smallest absolute Gasteiger partial charge is 0.268 e. The van der Waals surface area contributed by atoms with Crippen LogP contribution < -0.4 is 10.3 Å². The van der Waals surface area contributed by atoms with Crippen molar-refractivity contribution < 1.29 is 4.74 Å². The van der Waals surface area contributed by atoms with E-state index in [1.807, 2.05) is 24.3 Å². The molecule has 1 aromatic carbocycles. The zero-order chi connectivity index (χ0) is 13.1. The first-order chi connectivity index (χ1) is 8.67. The zero-order valence-electron chi connectivity index (χ0n) is 10.2. The average Bonchev–Trinajstić information content (AvgIpc) is 2.41. The fourth-order valence-electron chi connectivity index (χ4n) is 1.77. The highest BCUT2D eigenvalue weighted by molar-refractivity contribution is 5.70. The number of aromatic nitrogens is 1. The van der Waals surface area contributed by atoms with Crippen molar-refractivity contribution in [2.45, 2.75) is 0 Å². The maximum Gasteiger partial charge on any atom is 0.268 e. The van der Waals surface area contributed by atoms with Gasteiger partial charge in [-0.3, -0.25) is 4.79 Å². The summed E-state index contributed by atoms with van der Waals surface area (Å²) in [5.41, 5.74) is 1.27. The van der Waals surface area contributed by atoms with E-state index in [4.69, 9.17) is 10.00 Å². The molecular weight excluding hydrogens is 228 g/mol. The van der Waals surface area contributed by atoms with Gasteiger partial charge in [0.15, 0.2) is 0 Å². The second kappa shape index (κ2) is 4.76. The molecule has 0 saturated carbocycles. The maximum atomic E-state index is 11.9. The van der Waals surface area contributed by atoms with E-state index < -0.39 is 0 Å². The summed E-state index contributed by atoms with van der Waals surface area (Å²) < 4.78 is 6.53. The van der Waals surface area contributed by atoms with Crippen LogP contribution in [0.3, 0.4) is 0 Å². The lowest BCUT2D eigenvalue weighted by Crippen LogP contribution is -2.19. The number of nitriles is 1. The lowest BCUT2D eigenvalue weighted by atomic mass is 10.0. The Hall–Kier alpha value is -2.54. The minimum absolute atomic E-state index is 0.147. The number of aryl methyl sites for hydroxylation is 1. The van der Waals surface area contributed by atoms with Crippen LogP contribution >= 0.6 is 0 Å². The number of ether oxygens (including phenoxy) is 1. The van der Waals surface area contributed by atoms with Crippen LogP contribution in [0.4, 0.5) is 0 Å². The molecule has 4 heteroatoms. The molecule has 0 aliphatic carbocycles. The highest BCUT2D eigenvalue weighted by Gasteiger charge is 2.10. The molecule has 18 heavy (non-hydrogen) atoms. The molecule has 2 rings (SSSR count). The van der Waals surface area contributed by atoms with Gasteiger partial charge in [-0.2, -0.15) is 5.26 Å². The van der Waals surface area contributed by atoms with Crippen molar-refractivity contribution in [3.05, 3.63) is 52.4 Å². The molecule has 0 spiro atoms. The molecule has 0 atom stereocenters. The van der Waals surface area contributed by atoms with E-state index in [0.29, 0.717) is 11.3 Å². The van der Waals surface area contributed by atoms with Gasteiger partial charge in [-0.25, -0.2) is 0 Å². The Bertz CT molecular complexity index is 681. The third-order valence-corrected chi connectivity index (χ3v) is 2.76. The molecule has 90 valence electrons. The Morgan fingerprint density at radius 1 is 1.33 bits per heavy atom. The van der Waals surface area contributed by atoms with Crippen LogP contribution in [0.25, 0.3) is 11.1 Å². The van der Waals surface area contributed by atoms with E-state index in [0.717, 1.165) is 5.56 Å². The van der Waals surface area contributed by atoms with E-state index in [1.54, 1.807) is 32.5 Å². The van der Waals surface area contributed by atoms with Crippen molar-refractivity contribution >= 4 is 0 Å². The van der Waals surface area contributed by atoms with Gasteiger partial charge in [-0.1, -0.05) is 12.1 Å². The molecule has 0 radical (unpaired) electrons. The van der Waals surface area contributed by atoms with E-state index in [-0.39, 0.29) is 11.1 Å². The summed E-state index contributed by atoms with van der Waals surface area (Å²) in [7, 11) is 3.20. The lowest BCUT2D eigenvalue weighted by Gasteiger charge is -2.07. The molecule has 2 aromatic rings.